The third-order valence-electron chi connectivity index (χ3n) is 3.34. The van der Waals surface area contributed by atoms with Crippen molar-refractivity contribution in [2.24, 2.45) is 5.41 Å². The van der Waals surface area contributed by atoms with E-state index in [2.05, 4.69) is 5.10 Å². The van der Waals surface area contributed by atoms with Gasteiger partial charge in [-0.1, -0.05) is 0 Å². The molecular weight excluding hydrogens is 244 g/mol. The Kier molecular flexibility index (Phi) is 3.73. The van der Waals surface area contributed by atoms with E-state index in [9.17, 15) is 9.59 Å². The molecule has 0 saturated carbocycles. The van der Waals surface area contributed by atoms with E-state index in [1.54, 1.807) is 11.6 Å². The Morgan fingerprint density at radius 3 is 2.89 bits per heavy atom. The minimum Gasteiger partial charge on any atom is -0.466 e. The van der Waals surface area contributed by atoms with Crippen molar-refractivity contribution >= 4 is 11.8 Å². The van der Waals surface area contributed by atoms with Crippen LogP contribution in [0.5, 0.6) is 0 Å². The smallest absolute Gasteiger partial charge is 0.313 e. The second-order valence-electron chi connectivity index (χ2n) is 5.62. The number of carbonyl (C=O) groups is 2. The molecule has 0 aliphatic heterocycles. The Labute approximate surface area is 112 Å². The first-order chi connectivity index (χ1) is 8.92. The summed E-state index contributed by atoms with van der Waals surface area (Å²) in [6, 6.07) is 0. The lowest BCUT2D eigenvalue weighted by molar-refractivity contribution is -0.154. The Bertz CT molecular complexity index is 503. The quantitative estimate of drug-likeness (QED) is 0.774. The van der Waals surface area contributed by atoms with Crippen LogP contribution in [0.4, 0.5) is 0 Å². The van der Waals surface area contributed by atoms with E-state index in [1.807, 2.05) is 20.0 Å². The fraction of sp³-hybridized carbons (Fsp3) is 0.643. The SMILES string of the molecule is CCOC(=O)C(C)(C)Cn1cc2c(n1)CCC(=O)C2. The molecule has 0 spiro atoms. The number of hydrogen-bond acceptors (Lipinski definition) is 4. The molecule has 5 heteroatoms. The summed E-state index contributed by atoms with van der Waals surface area (Å²) in [4.78, 5) is 23.2. The number of ketones is 1. The van der Waals surface area contributed by atoms with Crippen molar-refractivity contribution in [2.75, 3.05) is 6.61 Å². The Hall–Kier alpha value is -1.65. The van der Waals surface area contributed by atoms with Crippen LogP contribution in [0, 0.1) is 5.41 Å². The number of ether oxygens (including phenoxy) is 1. The summed E-state index contributed by atoms with van der Waals surface area (Å²) in [6.45, 7) is 6.33. The van der Waals surface area contributed by atoms with Gasteiger partial charge in [0.1, 0.15) is 5.78 Å². The molecule has 0 atom stereocenters. The second kappa shape index (κ2) is 5.15. The van der Waals surface area contributed by atoms with Crippen LogP contribution in [0.25, 0.3) is 0 Å². The highest BCUT2D eigenvalue weighted by atomic mass is 16.5. The molecule has 0 bridgehead atoms. The third-order valence-corrected chi connectivity index (χ3v) is 3.34. The number of Topliss-reactive ketones (excluding diaryl/α,β-unsaturated/α-hetero) is 1. The van der Waals surface area contributed by atoms with Gasteiger partial charge in [0.25, 0.3) is 0 Å². The van der Waals surface area contributed by atoms with E-state index < -0.39 is 5.41 Å². The molecule has 1 aromatic rings. The monoisotopic (exact) mass is 264 g/mol. The van der Waals surface area contributed by atoms with Crippen molar-refractivity contribution < 1.29 is 14.3 Å². The second-order valence-corrected chi connectivity index (χ2v) is 5.62. The predicted octanol–water partition coefficient (Wildman–Crippen LogP) is 1.53. The van der Waals surface area contributed by atoms with Gasteiger partial charge in [0.05, 0.1) is 24.3 Å². The molecular formula is C14H20N2O3. The minimum absolute atomic E-state index is 0.223. The van der Waals surface area contributed by atoms with Gasteiger partial charge in [-0.15, -0.1) is 0 Å². The molecule has 0 fully saturated rings. The summed E-state index contributed by atoms with van der Waals surface area (Å²) in [5, 5.41) is 4.47. The number of rotatable bonds is 4. The summed E-state index contributed by atoms with van der Waals surface area (Å²) < 4.78 is 6.83. The van der Waals surface area contributed by atoms with Gasteiger partial charge in [-0.25, -0.2) is 0 Å². The molecule has 1 aromatic heterocycles. The van der Waals surface area contributed by atoms with Gasteiger partial charge < -0.3 is 4.74 Å². The summed E-state index contributed by atoms with van der Waals surface area (Å²) in [5.41, 5.74) is 1.37. The third kappa shape index (κ3) is 3.03. The number of aryl methyl sites for hydroxylation is 1. The van der Waals surface area contributed by atoms with Gasteiger partial charge in [-0.2, -0.15) is 5.10 Å². The number of aromatic nitrogens is 2. The van der Waals surface area contributed by atoms with Crippen LogP contribution >= 0.6 is 0 Å². The summed E-state index contributed by atoms with van der Waals surface area (Å²) >= 11 is 0. The highest BCUT2D eigenvalue weighted by Crippen LogP contribution is 2.23. The van der Waals surface area contributed by atoms with Gasteiger partial charge in [0.2, 0.25) is 0 Å². The zero-order valence-electron chi connectivity index (χ0n) is 11.7. The molecule has 0 saturated heterocycles. The highest BCUT2D eigenvalue weighted by molar-refractivity contribution is 5.82. The molecule has 0 N–H and O–H groups in total. The van der Waals surface area contributed by atoms with Crippen LogP contribution in [-0.2, 0) is 33.7 Å². The molecule has 0 aromatic carbocycles. The van der Waals surface area contributed by atoms with Gasteiger partial charge in [-0.3, -0.25) is 14.3 Å². The molecule has 1 aliphatic carbocycles. The van der Waals surface area contributed by atoms with Crippen molar-refractivity contribution in [2.45, 2.75) is 46.6 Å². The number of fused-ring (bicyclic) bond motifs is 1. The first-order valence-electron chi connectivity index (χ1n) is 6.66. The maximum absolute atomic E-state index is 11.8. The van der Waals surface area contributed by atoms with E-state index in [-0.39, 0.29) is 11.8 Å². The summed E-state index contributed by atoms with van der Waals surface area (Å²) in [7, 11) is 0. The van der Waals surface area contributed by atoms with Crippen LogP contribution in [-0.4, -0.2) is 28.1 Å². The number of carbonyl (C=O) groups excluding carboxylic acids is 2. The van der Waals surface area contributed by atoms with Crippen molar-refractivity contribution in [1.82, 2.24) is 9.78 Å². The first-order valence-corrected chi connectivity index (χ1v) is 6.66. The van der Waals surface area contributed by atoms with Crippen LogP contribution in [0.2, 0.25) is 0 Å². The van der Waals surface area contributed by atoms with Gasteiger partial charge in [0.15, 0.2) is 0 Å². The Morgan fingerprint density at radius 2 is 2.21 bits per heavy atom. The largest absolute Gasteiger partial charge is 0.466 e. The zero-order valence-corrected chi connectivity index (χ0v) is 11.7. The molecule has 5 nitrogen and oxygen atoms in total. The predicted molar refractivity (Wildman–Crippen MR) is 69.7 cm³/mol. The molecule has 1 aliphatic rings. The van der Waals surface area contributed by atoms with Crippen LogP contribution < -0.4 is 0 Å². The van der Waals surface area contributed by atoms with Gasteiger partial charge >= 0.3 is 5.97 Å². The van der Waals surface area contributed by atoms with Crippen molar-refractivity contribution in [3.8, 4) is 0 Å². The summed E-state index contributed by atoms with van der Waals surface area (Å²) in [6.07, 6.45) is 3.63. The maximum Gasteiger partial charge on any atom is 0.313 e. The Balaban J connectivity index is 2.11. The van der Waals surface area contributed by atoms with Gasteiger partial charge in [-0.05, 0) is 27.2 Å². The van der Waals surface area contributed by atoms with Gasteiger partial charge in [0, 0.05) is 24.6 Å². The number of hydrogen-bond donors (Lipinski definition) is 0. The molecule has 104 valence electrons. The molecule has 0 radical (unpaired) electrons. The summed E-state index contributed by atoms with van der Waals surface area (Å²) in [5.74, 6) is 0.0382. The Morgan fingerprint density at radius 1 is 1.47 bits per heavy atom. The van der Waals surface area contributed by atoms with Crippen molar-refractivity contribution in [3.05, 3.63) is 17.5 Å². The molecule has 0 amide bonds. The average Bonchev–Trinajstić information content (AvgIpc) is 2.69. The van der Waals surface area contributed by atoms with E-state index in [0.717, 1.165) is 11.3 Å². The van der Waals surface area contributed by atoms with Crippen molar-refractivity contribution in [3.63, 3.8) is 0 Å². The van der Waals surface area contributed by atoms with E-state index in [1.165, 1.54) is 0 Å². The van der Waals surface area contributed by atoms with E-state index in [4.69, 9.17) is 4.74 Å². The fourth-order valence-electron chi connectivity index (χ4n) is 2.30. The topological polar surface area (TPSA) is 61.2 Å². The molecule has 2 rings (SSSR count). The van der Waals surface area contributed by atoms with E-state index in [0.29, 0.717) is 32.4 Å². The lowest BCUT2D eigenvalue weighted by Crippen LogP contribution is -2.31. The van der Waals surface area contributed by atoms with E-state index >= 15 is 0 Å². The van der Waals surface area contributed by atoms with Crippen LogP contribution in [0.15, 0.2) is 6.20 Å². The molecule has 19 heavy (non-hydrogen) atoms. The molecule has 0 unspecified atom stereocenters. The zero-order chi connectivity index (χ0) is 14.0. The van der Waals surface area contributed by atoms with Crippen LogP contribution in [0.1, 0.15) is 38.4 Å². The number of nitrogens with zero attached hydrogens (tertiary/aromatic N) is 2. The average molecular weight is 264 g/mol. The maximum atomic E-state index is 11.8. The fourth-order valence-corrected chi connectivity index (χ4v) is 2.30. The highest BCUT2D eigenvalue weighted by Gasteiger charge is 2.31. The van der Waals surface area contributed by atoms with Crippen molar-refractivity contribution in [1.29, 1.82) is 0 Å². The minimum atomic E-state index is -0.616. The molecule has 1 heterocycles. The number of esters is 1. The first kappa shape index (κ1) is 13.8. The lowest BCUT2D eigenvalue weighted by Gasteiger charge is -2.21. The lowest BCUT2D eigenvalue weighted by atomic mass is 9.94. The van der Waals surface area contributed by atoms with Crippen LogP contribution in [0.3, 0.4) is 0 Å². The standard InChI is InChI=1S/C14H20N2O3/c1-4-19-13(18)14(2,3)9-16-8-10-7-11(17)5-6-12(10)15-16/h8H,4-7,9H2,1-3H3. The normalized spacial score (nSPS) is 15.2.